The number of nitrogen functional groups attached to an aromatic ring is 1. The van der Waals surface area contributed by atoms with Gasteiger partial charge in [0.2, 0.25) is 11.1 Å². The van der Waals surface area contributed by atoms with E-state index < -0.39 is 5.56 Å². The van der Waals surface area contributed by atoms with Crippen LogP contribution in [-0.2, 0) is 4.79 Å². The minimum Gasteiger partial charge on any atom is -0.348 e. The Morgan fingerprint density at radius 2 is 2.06 bits per heavy atom. The number of nitrogens with two attached hydrogens (primary N) is 1. The smallest absolute Gasteiger partial charge is 0.294 e. The van der Waals surface area contributed by atoms with Gasteiger partial charge in [0.25, 0.3) is 5.56 Å². The Morgan fingerprint density at radius 3 is 2.59 bits per heavy atom. The van der Waals surface area contributed by atoms with Crippen molar-refractivity contribution in [1.82, 2.24) is 19.8 Å². The normalized spacial score (nSPS) is 12.2. The van der Waals surface area contributed by atoms with Gasteiger partial charge in [0, 0.05) is 14.1 Å². The maximum Gasteiger partial charge on any atom is 0.294 e. The van der Waals surface area contributed by atoms with E-state index in [2.05, 4.69) is 10.2 Å². The monoisotopic (exact) mass is 257 g/mol. The summed E-state index contributed by atoms with van der Waals surface area (Å²) in [5.41, 5.74) is -0.185. The van der Waals surface area contributed by atoms with Gasteiger partial charge in [-0.2, -0.15) is 4.68 Å². The van der Waals surface area contributed by atoms with E-state index in [-0.39, 0.29) is 22.0 Å². The summed E-state index contributed by atoms with van der Waals surface area (Å²) in [5.74, 6) is 5.49. The Labute approximate surface area is 103 Å². The van der Waals surface area contributed by atoms with Gasteiger partial charge in [0.1, 0.15) is 5.69 Å². The minimum absolute atomic E-state index is 0.0789. The Bertz CT molecular complexity index is 485. The molecule has 0 aliphatic carbocycles. The SMILES string of the molecule is Cc1nnc(S[C@@H](C)C(=O)N(C)C)n(N)c1=O. The molecule has 0 radical (unpaired) electrons. The number of hydrogen-bond donors (Lipinski definition) is 1. The van der Waals surface area contributed by atoms with E-state index in [0.717, 1.165) is 16.4 Å². The van der Waals surface area contributed by atoms with Gasteiger partial charge in [-0.3, -0.25) is 9.59 Å². The van der Waals surface area contributed by atoms with E-state index in [1.165, 1.54) is 11.8 Å². The number of hydrogen-bond acceptors (Lipinski definition) is 6. The molecule has 0 aliphatic heterocycles. The number of aromatic nitrogens is 3. The molecular formula is C9H15N5O2S. The van der Waals surface area contributed by atoms with Crippen molar-refractivity contribution in [2.75, 3.05) is 19.9 Å². The van der Waals surface area contributed by atoms with Crippen molar-refractivity contribution in [3.05, 3.63) is 16.0 Å². The highest BCUT2D eigenvalue weighted by Gasteiger charge is 2.19. The topological polar surface area (TPSA) is 94.1 Å². The Morgan fingerprint density at radius 1 is 1.47 bits per heavy atom. The molecule has 1 atom stereocenters. The number of thioether (sulfide) groups is 1. The van der Waals surface area contributed by atoms with Crippen molar-refractivity contribution in [2.45, 2.75) is 24.3 Å². The van der Waals surface area contributed by atoms with Crippen molar-refractivity contribution < 1.29 is 4.79 Å². The molecule has 94 valence electrons. The molecule has 17 heavy (non-hydrogen) atoms. The summed E-state index contributed by atoms with van der Waals surface area (Å²) in [7, 11) is 3.32. The maximum atomic E-state index is 11.6. The van der Waals surface area contributed by atoms with Crippen LogP contribution in [0.3, 0.4) is 0 Å². The zero-order valence-corrected chi connectivity index (χ0v) is 11.0. The predicted molar refractivity (Wildman–Crippen MR) is 65.2 cm³/mol. The second kappa shape index (κ2) is 5.17. The third kappa shape index (κ3) is 2.96. The third-order valence-electron chi connectivity index (χ3n) is 2.09. The number of carbonyl (C=O) groups excluding carboxylic acids is 1. The number of nitrogens with zero attached hydrogens (tertiary/aromatic N) is 4. The molecule has 0 aliphatic rings. The van der Waals surface area contributed by atoms with E-state index in [1.54, 1.807) is 21.0 Å². The largest absolute Gasteiger partial charge is 0.348 e. The van der Waals surface area contributed by atoms with E-state index in [0.29, 0.717) is 0 Å². The summed E-state index contributed by atoms with van der Waals surface area (Å²) >= 11 is 1.10. The van der Waals surface area contributed by atoms with Crippen LogP contribution >= 0.6 is 11.8 Å². The molecule has 1 aromatic heterocycles. The lowest BCUT2D eigenvalue weighted by atomic mass is 10.4. The molecule has 2 N–H and O–H groups in total. The highest BCUT2D eigenvalue weighted by molar-refractivity contribution is 8.00. The van der Waals surface area contributed by atoms with Crippen LogP contribution in [-0.4, -0.2) is 45.0 Å². The van der Waals surface area contributed by atoms with Crippen molar-refractivity contribution in [3.8, 4) is 0 Å². The first kappa shape index (κ1) is 13.5. The van der Waals surface area contributed by atoms with Gasteiger partial charge in [-0.1, -0.05) is 11.8 Å². The lowest BCUT2D eigenvalue weighted by Gasteiger charge is -2.16. The number of aryl methyl sites for hydroxylation is 1. The summed E-state index contributed by atoms with van der Waals surface area (Å²) in [6.45, 7) is 3.25. The lowest BCUT2D eigenvalue weighted by Crippen LogP contribution is -2.34. The van der Waals surface area contributed by atoms with Crippen LogP contribution < -0.4 is 11.4 Å². The van der Waals surface area contributed by atoms with Crippen molar-refractivity contribution in [1.29, 1.82) is 0 Å². The fourth-order valence-electron chi connectivity index (χ4n) is 1.12. The van der Waals surface area contributed by atoms with Gasteiger partial charge in [-0.05, 0) is 13.8 Å². The van der Waals surface area contributed by atoms with Crippen LogP contribution in [0.2, 0.25) is 0 Å². The van der Waals surface area contributed by atoms with Crippen LogP contribution in [0.25, 0.3) is 0 Å². The van der Waals surface area contributed by atoms with Gasteiger partial charge < -0.3 is 10.7 Å². The first-order valence-electron chi connectivity index (χ1n) is 4.93. The Balaban J connectivity index is 2.94. The van der Waals surface area contributed by atoms with Gasteiger partial charge in [-0.25, -0.2) is 0 Å². The van der Waals surface area contributed by atoms with E-state index >= 15 is 0 Å². The first-order valence-corrected chi connectivity index (χ1v) is 5.81. The molecule has 1 aromatic rings. The van der Waals surface area contributed by atoms with Crippen molar-refractivity contribution in [3.63, 3.8) is 0 Å². The van der Waals surface area contributed by atoms with Crippen LogP contribution in [0.1, 0.15) is 12.6 Å². The predicted octanol–water partition coefficient (Wildman–Crippen LogP) is -0.771. The number of carbonyl (C=O) groups is 1. The quantitative estimate of drug-likeness (QED) is 0.564. The average molecular weight is 257 g/mol. The summed E-state index contributed by atoms with van der Waals surface area (Å²) in [4.78, 5) is 24.6. The van der Waals surface area contributed by atoms with Crippen LogP contribution in [0.5, 0.6) is 0 Å². The molecule has 0 fully saturated rings. The number of amides is 1. The summed E-state index contributed by atoms with van der Waals surface area (Å²) in [5, 5.41) is 7.33. The molecule has 1 amide bonds. The molecule has 0 unspecified atom stereocenters. The first-order chi connectivity index (χ1) is 7.84. The van der Waals surface area contributed by atoms with Crippen LogP contribution in [0.4, 0.5) is 0 Å². The lowest BCUT2D eigenvalue weighted by molar-refractivity contribution is -0.127. The van der Waals surface area contributed by atoms with E-state index in [1.807, 2.05) is 0 Å². The molecule has 1 rings (SSSR count). The Hall–Kier alpha value is -1.57. The zero-order chi connectivity index (χ0) is 13.2. The van der Waals surface area contributed by atoms with Gasteiger partial charge in [0.15, 0.2) is 0 Å². The highest BCUT2D eigenvalue weighted by atomic mass is 32.2. The standard InChI is InChI=1S/C9H15N5O2S/c1-5-7(15)14(10)9(12-11-5)17-6(2)8(16)13(3)4/h6H,10H2,1-4H3/t6-/m0/s1. The molecule has 7 nitrogen and oxygen atoms in total. The molecule has 1 heterocycles. The molecule has 0 saturated carbocycles. The van der Waals surface area contributed by atoms with Crippen LogP contribution in [0.15, 0.2) is 9.95 Å². The second-order valence-corrected chi connectivity index (χ2v) is 5.04. The maximum absolute atomic E-state index is 11.6. The molecule has 8 heteroatoms. The molecule has 0 saturated heterocycles. The minimum atomic E-state index is -0.410. The highest BCUT2D eigenvalue weighted by Crippen LogP contribution is 2.19. The summed E-state index contributed by atoms with van der Waals surface area (Å²) < 4.78 is 0.909. The summed E-state index contributed by atoms with van der Waals surface area (Å²) in [6.07, 6.45) is 0. The van der Waals surface area contributed by atoms with Crippen molar-refractivity contribution in [2.24, 2.45) is 0 Å². The van der Waals surface area contributed by atoms with E-state index in [9.17, 15) is 9.59 Å². The zero-order valence-electron chi connectivity index (χ0n) is 10.2. The fourth-order valence-corrected chi connectivity index (χ4v) is 2.03. The van der Waals surface area contributed by atoms with Crippen LogP contribution in [0, 0.1) is 6.92 Å². The van der Waals surface area contributed by atoms with E-state index in [4.69, 9.17) is 5.84 Å². The van der Waals surface area contributed by atoms with Gasteiger partial charge in [-0.15, -0.1) is 10.2 Å². The van der Waals surface area contributed by atoms with Gasteiger partial charge in [0.05, 0.1) is 5.25 Å². The average Bonchev–Trinajstić information content (AvgIpc) is 2.28. The third-order valence-corrected chi connectivity index (χ3v) is 3.14. The molecule has 0 aromatic carbocycles. The van der Waals surface area contributed by atoms with Crippen molar-refractivity contribution >= 4 is 17.7 Å². The fraction of sp³-hybridized carbons (Fsp3) is 0.556. The summed E-state index contributed by atoms with van der Waals surface area (Å²) in [6, 6.07) is 0. The second-order valence-electron chi connectivity index (χ2n) is 3.74. The molecule has 0 spiro atoms. The molecule has 0 bridgehead atoms. The van der Waals surface area contributed by atoms with Gasteiger partial charge >= 0.3 is 0 Å². The number of rotatable bonds is 3. The Kier molecular flexibility index (Phi) is 4.11. The molecular weight excluding hydrogens is 242 g/mol.